The fourth-order valence-electron chi connectivity index (χ4n) is 9.12. The molecule has 6 amide bonds. The van der Waals surface area contributed by atoms with Crippen LogP contribution in [0, 0.1) is 0 Å². The lowest BCUT2D eigenvalue weighted by Gasteiger charge is -2.49. The molecule has 16 nitrogen and oxygen atoms in total. The minimum absolute atomic E-state index is 0.147. The van der Waals surface area contributed by atoms with Gasteiger partial charge < -0.3 is 31.9 Å². The van der Waals surface area contributed by atoms with Crippen LogP contribution in [0.4, 0.5) is 14.4 Å². The third-order valence-electron chi connectivity index (χ3n) is 10.9. The van der Waals surface area contributed by atoms with Crippen molar-refractivity contribution in [2.24, 2.45) is 0 Å². The van der Waals surface area contributed by atoms with Crippen LogP contribution in [0.15, 0.2) is 0 Å². The van der Waals surface area contributed by atoms with Crippen molar-refractivity contribution in [2.75, 3.05) is 39.3 Å². The van der Waals surface area contributed by atoms with Gasteiger partial charge in [0.1, 0.15) is 0 Å². The lowest BCUT2D eigenvalue weighted by Crippen LogP contribution is -2.63. The molecular weight excluding hydrogens is 668 g/mol. The minimum Gasteiger partial charge on any atom is -0.337 e. The molecule has 0 saturated carbocycles. The molecule has 3 radical (unpaired) electrons. The van der Waals surface area contributed by atoms with Gasteiger partial charge in [0.2, 0.25) is 0 Å². The second-order valence-electron chi connectivity index (χ2n) is 19.1. The Balaban J connectivity index is 1.52. The highest BCUT2D eigenvalue weighted by Gasteiger charge is 2.48. The first-order valence-corrected chi connectivity index (χ1v) is 18.9. The lowest BCUT2D eigenvalue weighted by molar-refractivity contribution is -0.289. The number of carbonyl (C=O) groups is 3. The number of hydrogen-bond donors (Lipinski definition) is 6. The number of nitrogens with one attached hydrogen (secondary N) is 6. The van der Waals surface area contributed by atoms with Gasteiger partial charge in [-0.05, 0) is 122 Å². The topological polar surface area (TPSA) is 196 Å². The standard InChI is InChI=1S/C36H69N10O6/c1-31(2)19-25(20-32(3,4)44(31)50)40-28(47)37-13-16-43(17-14-38-29(48)41-26-21-33(5,6)45(51)34(7,8)22-26)18-15-39-30(49)42-27-23-35(9,10)46(52)36(11,12)24-27/h25-27H,13-24H2,1-12H3,(H2,37,40,47)(H2,38,41,48)(H2,39,42,49). The van der Waals surface area contributed by atoms with Crippen LogP contribution in [0.5, 0.6) is 0 Å². The van der Waals surface area contributed by atoms with E-state index in [-0.39, 0.29) is 36.2 Å². The van der Waals surface area contributed by atoms with Crippen LogP contribution in [0.25, 0.3) is 0 Å². The molecule has 299 valence electrons. The van der Waals surface area contributed by atoms with Crippen molar-refractivity contribution in [1.29, 1.82) is 0 Å². The van der Waals surface area contributed by atoms with Gasteiger partial charge in [-0.2, -0.15) is 0 Å². The Labute approximate surface area is 312 Å². The molecule has 0 bridgehead atoms. The number of carbonyl (C=O) groups excluding carboxylic acids is 3. The van der Waals surface area contributed by atoms with Crippen molar-refractivity contribution in [3.63, 3.8) is 0 Å². The van der Waals surface area contributed by atoms with Gasteiger partial charge >= 0.3 is 18.1 Å². The van der Waals surface area contributed by atoms with Crippen molar-refractivity contribution >= 4 is 18.1 Å². The number of hydrogen-bond acceptors (Lipinski definition) is 7. The molecule has 6 N–H and O–H groups in total. The second-order valence-corrected chi connectivity index (χ2v) is 19.1. The highest BCUT2D eigenvalue weighted by Crippen LogP contribution is 2.39. The zero-order valence-corrected chi connectivity index (χ0v) is 34.0. The third-order valence-corrected chi connectivity index (χ3v) is 10.9. The van der Waals surface area contributed by atoms with E-state index < -0.39 is 33.2 Å². The van der Waals surface area contributed by atoms with E-state index in [2.05, 4.69) is 31.9 Å². The van der Waals surface area contributed by atoms with Crippen LogP contribution < -0.4 is 31.9 Å². The Bertz CT molecular complexity index is 1040. The smallest absolute Gasteiger partial charge is 0.315 e. The molecule has 0 aromatic carbocycles. The molecule has 0 aromatic heterocycles. The summed E-state index contributed by atoms with van der Waals surface area (Å²) in [4.78, 5) is 40.7. The average Bonchev–Trinajstić information content (AvgIpc) is 2.96. The third kappa shape index (κ3) is 11.8. The largest absolute Gasteiger partial charge is 0.337 e. The van der Waals surface area contributed by atoms with Gasteiger partial charge in [-0.15, -0.1) is 30.8 Å². The fourth-order valence-corrected chi connectivity index (χ4v) is 9.12. The fraction of sp³-hybridized carbons (Fsp3) is 0.917. The summed E-state index contributed by atoms with van der Waals surface area (Å²) in [5.74, 6) is 0. The van der Waals surface area contributed by atoms with Gasteiger partial charge in [0, 0.05) is 90.6 Å². The quantitative estimate of drug-likeness (QED) is 0.177. The van der Waals surface area contributed by atoms with E-state index in [0.717, 1.165) is 15.2 Å². The van der Waals surface area contributed by atoms with Crippen LogP contribution in [0.3, 0.4) is 0 Å². The van der Waals surface area contributed by atoms with Crippen LogP contribution >= 0.6 is 0 Å². The zero-order valence-electron chi connectivity index (χ0n) is 34.0. The van der Waals surface area contributed by atoms with Crippen molar-refractivity contribution in [1.82, 2.24) is 52.0 Å². The van der Waals surface area contributed by atoms with E-state index in [1.54, 1.807) is 0 Å². The Morgan fingerprint density at radius 2 is 0.635 bits per heavy atom. The van der Waals surface area contributed by atoms with Crippen LogP contribution in [0.2, 0.25) is 0 Å². The van der Waals surface area contributed by atoms with Crippen molar-refractivity contribution < 1.29 is 30.0 Å². The number of rotatable bonds is 12. The van der Waals surface area contributed by atoms with E-state index in [1.165, 1.54) is 0 Å². The molecule has 3 heterocycles. The Kier molecular flexibility index (Phi) is 13.9. The predicted octanol–water partition coefficient (Wildman–Crippen LogP) is 3.29. The van der Waals surface area contributed by atoms with E-state index >= 15 is 0 Å². The first kappa shape index (κ1) is 43.9. The number of urea groups is 3. The van der Waals surface area contributed by atoms with Crippen molar-refractivity contribution in [3.05, 3.63) is 0 Å². The van der Waals surface area contributed by atoms with Gasteiger partial charge in [-0.25, -0.2) is 14.4 Å². The molecule has 3 aliphatic rings. The summed E-state index contributed by atoms with van der Waals surface area (Å²) >= 11 is 0. The van der Waals surface area contributed by atoms with Crippen LogP contribution in [-0.2, 0) is 15.6 Å². The van der Waals surface area contributed by atoms with E-state index in [9.17, 15) is 30.0 Å². The molecule has 3 fully saturated rings. The first-order valence-electron chi connectivity index (χ1n) is 18.9. The summed E-state index contributed by atoms with van der Waals surface area (Å²) in [6, 6.07) is -1.37. The molecule has 0 spiro atoms. The van der Waals surface area contributed by atoms with E-state index in [4.69, 9.17) is 0 Å². The van der Waals surface area contributed by atoms with Gasteiger partial charge in [0.05, 0.1) is 0 Å². The van der Waals surface area contributed by atoms with Gasteiger partial charge in [0.15, 0.2) is 0 Å². The molecule has 0 atom stereocenters. The predicted molar refractivity (Wildman–Crippen MR) is 197 cm³/mol. The number of hydroxylamine groups is 6. The number of nitrogens with zero attached hydrogens (tertiary/aromatic N) is 4. The molecule has 3 rings (SSSR count). The van der Waals surface area contributed by atoms with E-state index in [0.29, 0.717) is 77.8 Å². The first-order chi connectivity index (χ1) is 23.7. The molecule has 0 unspecified atom stereocenters. The summed E-state index contributed by atoms with van der Waals surface area (Å²) in [5.41, 5.74) is -3.62. The molecule has 0 aliphatic carbocycles. The average molecular weight is 738 g/mol. The molecule has 3 saturated heterocycles. The highest BCUT2D eigenvalue weighted by atomic mass is 16.5. The monoisotopic (exact) mass is 738 g/mol. The Morgan fingerprint density at radius 3 is 0.827 bits per heavy atom. The minimum atomic E-state index is -0.603. The summed E-state index contributed by atoms with van der Waals surface area (Å²) in [6.45, 7) is 25.1. The molecule has 16 heteroatoms. The van der Waals surface area contributed by atoms with Crippen molar-refractivity contribution in [3.8, 4) is 0 Å². The normalized spacial score (nSPS) is 24.9. The Hall–Kier alpha value is -2.47. The van der Waals surface area contributed by atoms with Crippen LogP contribution in [0.1, 0.15) is 122 Å². The summed E-state index contributed by atoms with van der Waals surface area (Å²) in [7, 11) is 0. The maximum Gasteiger partial charge on any atom is 0.315 e. The van der Waals surface area contributed by atoms with E-state index in [1.807, 2.05) is 88.0 Å². The maximum absolute atomic E-state index is 12.9. The number of amides is 6. The summed E-state index contributed by atoms with van der Waals surface area (Å²) < 4.78 is 0. The Morgan fingerprint density at radius 1 is 0.442 bits per heavy atom. The number of piperidine rings is 3. The summed E-state index contributed by atoms with van der Waals surface area (Å²) in [5, 5.41) is 59.5. The molecule has 52 heavy (non-hydrogen) atoms. The van der Waals surface area contributed by atoms with Gasteiger partial charge in [-0.3, -0.25) is 4.90 Å². The van der Waals surface area contributed by atoms with Crippen molar-refractivity contribution in [2.45, 2.75) is 173 Å². The summed E-state index contributed by atoms with van der Waals surface area (Å²) in [6.07, 6.45) is 3.23. The zero-order chi connectivity index (χ0) is 39.5. The van der Waals surface area contributed by atoms with Crippen LogP contribution in [-0.4, -0.2) is 129 Å². The molecule has 0 aromatic rings. The molecule has 3 aliphatic heterocycles. The highest BCUT2D eigenvalue weighted by molar-refractivity contribution is 5.75. The molecular formula is C36H69N10O6. The van der Waals surface area contributed by atoms with Gasteiger partial charge in [-0.1, -0.05) is 0 Å². The maximum atomic E-state index is 12.9. The van der Waals surface area contributed by atoms with Gasteiger partial charge in [0.25, 0.3) is 0 Å². The SMILES string of the molecule is CC1(C)CC(NC(=O)NCCN(CCNC(=O)NC2CC(C)(C)N([O])C(C)(C)C2)CCNC(=O)NC2CC(C)(C)N([O])C(C)(C)C2)CC(C)(C)N1[O]. The lowest BCUT2D eigenvalue weighted by atomic mass is 9.79. The second kappa shape index (κ2) is 16.5.